The third kappa shape index (κ3) is 5.66. The number of hydrogen-bond acceptors (Lipinski definition) is 8. The van der Waals surface area contributed by atoms with Gasteiger partial charge >= 0.3 is 12.3 Å². The van der Waals surface area contributed by atoms with E-state index in [2.05, 4.69) is 54.5 Å². The zero-order chi connectivity index (χ0) is 34.7. The average molecular weight is 670 g/mol. The number of thioether (sulfide) groups is 1. The van der Waals surface area contributed by atoms with Crippen LogP contribution < -0.4 is 15.2 Å². The van der Waals surface area contributed by atoms with Crippen LogP contribution in [0.5, 0.6) is 11.5 Å². The maximum atomic E-state index is 12.8. The third-order valence-electron chi connectivity index (χ3n) is 13.0. The normalized spacial score (nSPS) is 35.8. The van der Waals surface area contributed by atoms with Crippen molar-refractivity contribution in [1.29, 1.82) is 0 Å². The zero-order valence-electron chi connectivity index (χ0n) is 30.1. The van der Waals surface area contributed by atoms with Gasteiger partial charge in [-0.3, -0.25) is 4.79 Å². The summed E-state index contributed by atoms with van der Waals surface area (Å²) < 4.78 is 21.8. The van der Waals surface area contributed by atoms with E-state index in [0.717, 1.165) is 61.6 Å². The second-order valence-corrected chi connectivity index (χ2v) is 17.7. The predicted molar refractivity (Wildman–Crippen MR) is 185 cm³/mol. The van der Waals surface area contributed by atoms with E-state index in [1.165, 1.54) is 5.57 Å². The van der Waals surface area contributed by atoms with Crippen molar-refractivity contribution in [2.45, 2.75) is 130 Å². The van der Waals surface area contributed by atoms with Gasteiger partial charge in [-0.15, -0.1) is 11.8 Å². The molecule has 0 radical (unpaired) electrons. The van der Waals surface area contributed by atoms with Gasteiger partial charge < -0.3 is 24.7 Å². The molecule has 0 spiro atoms. The maximum absolute atomic E-state index is 12.8. The molecule has 3 fully saturated rings. The van der Waals surface area contributed by atoms with E-state index < -0.39 is 17.7 Å². The summed E-state index contributed by atoms with van der Waals surface area (Å²) in [7, 11) is 0. The molecule has 0 bridgehead atoms. The van der Waals surface area contributed by atoms with E-state index in [1.54, 1.807) is 13.8 Å². The number of rotatable bonds is 7. The molecule has 8 nitrogen and oxygen atoms in total. The first kappa shape index (κ1) is 35.6. The molecule has 0 saturated heterocycles. The molecule has 4 aliphatic carbocycles. The first-order valence-electron chi connectivity index (χ1n) is 17.4. The molecule has 260 valence electrons. The molecule has 1 unspecified atom stereocenters. The Balaban J connectivity index is 1.70. The fourth-order valence-electron chi connectivity index (χ4n) is 9.96. The van der Waals surface area contributed by atoms with Crippen LogP contribution in [0, 0.1) is 34.5 Å². The monoisotopic (exact) mass is 669 g/mol. The minimum absolute atomic E-state index is 0.0102. The van der Waals surface area contributed by atoms with Crippen LogP contribution in [0.4, 0.5) is 9.59 Å². The fraction of sp³-hybridized carbons (Fsp3) is 0.711. The van der Waals surface area contributed by atoms with Gasteiger partial charge in [0, 0.05) is 21.6 Å². The van der Waals surface area contributed by atoms with Gasteiger partial charge in [0.2, 0.25) is 5.91 Å². The van der Waals surface area contributed by atoms with Crippen LogP contribution in [0.1, 0.15) is 129 Å². The summed E-state index contributed by atoms with van der Waals surface area (Å²) in [6.45, 7) is 21.9. The largest absolute Gasteiger partial charge is 0.513 e. The highest BCUT2D eigenvalue weighted by atomic mass is 32.2. The summed E-state index contributed by atoms with van der Waals surface area (Å²) >= 11 is 1.87. The number of primary amides is 1. The molecule has 0 heterocycles. The number of fused-ring (bicyclic) bond motifs is 7. The van der Waals surface area contributed by atoms with E-state index >= 15 is 0 Å². The summed E-state index contributed by atoms with van der Waals surface area (Å²) in [5.74, 6) is 0.509. The maximum Gasteiger partial charge on any atom is 0.513 e. The number of carbonyl (C=O) groups is 3. The number of allylic oxidation sites excluding steroid dienone is 1. The molecule has 1 aromatic carbocycles. The van der Waals surface area contributed by atoms with Gasteiger partial charge in [0.25, 0.3) is 0 Å². The predicted octanol–water partition coefficient (Wildman–Crippen LogP) is 9.34. The minimum atomic E-state index is -0.852. The lowest BCUT2D eigenvalue weighted by molar-refractivity contribution is -0.166. The molecule has 7 atom stereocenters. The van der Waals surface area contributed by atoms with Gasteiger partial charge in [0.05, 0.1) is 13.2 Å². The van der Waals surface area contributed by atoms with Gasteiger partial charge in [-0.2, -0.15) is 0 Å². The Bertz CT molecular complexity index is 1490. The Labute approximate surface area is 285 Å². The van der Waals surface area contributed by atoms with Crippen LogP contribution in [0.2, 0.25) is 0 Å². The van der Waals surface area contributed by atoms with E-state index in [-0.39, 0.29) is 57.5 Å². The fourth-order valence-corrected chi connectivity index (χ4v) is 11.2. The molecule has 2 N–H and O–H groups in total. The van der Waals surface area contributed by atoms with Gasteiger partial charge in [0.1, 0.15) is 0 Å². The highest BCUT2D eigenvalue weighted by Gasteiger charge is 2.67. The molecule has 3 saturated carbocycles. The standard InChI is InChI=1S/C38H55NO7S/c1-11-43-32(41)45-25-19-24-29(23(5)30(25)46-33(42)44-12-2)26(47-22(3)4)20-27-36(24,8)16-18-38(10)28-21-35(7,31(39)40)14-13-34(28,6)15-17-37(27,38)9/h19-20,22,26,28H,11-18,21H2,1-10H3,(H2,39,40)/t26?,28-,34-,35-,36-,37+,38+/m1/s1. The highest BCUT2D eigenvalue weighted by molar-refractivity contribution is 8.00. The molecule has 0 aromatic heterocycles. The number of hydrogen-bond donors (Lipinski definition) is 1. The van der Waals surface area contributed by atoms with E-state index in [9.17, 15) is 14.4 Å². The summed E-state index contributed by atoms with van der Waals surface area (Å²) in [6, 6.07) is 1.92. The third-order valence-corrected chi connectivity index (χ3v) is 14.2. The molecular weight excluding hydrogens is 614 g/mol. The summed E-state index contributed by atoms with van der Waals surface area (Å²) in [5, 5.41) is 0.314. The average Bonchev–Trinajstić information content (AvgIpc) is 2.98. The second kappa shape index (κ2) is 12.3. The number of ether oxygens (including phenoxy) is 4. The van der Waals surface area contributed by atoms with Crippen LogP contribution in [0.15, 0.2) is 17.7 Å². The Hall–Kier alpha value is -2.68. The van der Waals surface area contributed by atoms with E-state index in [1.807, 2.05) is 24.8 Å². The van der Waals surface area contributed by atoms with Crippen molar-refractivity contribution < 1.29 is 33.3 Å². The Morgan fingerprint density at radius 2 is 1.53 bits per heavy atom. The van der Waals surface area contributed by atoms with Crippen LogP contribution in [0.3, 0.4) is 0 Å². The lowest BCUT2D eigenvalue weighted by atomic mass is 9.34. The van der Waals surface area contributed by atoms with Crippen LogP contribution >= 0.6 is 11.8 Å². The minimum Gasteiger partial charge on any atom is -0.434 e. The summed E-state index contributed by atoms with van der Waals surface area (Å²) in [5.41, 5.74) is 9.57. The molecule has 47 heavy (non-hydrogen) atoms. The SMILES string of the molecule is CCOC(=O)Oc1cc2c(c(C)c1OC(=O)OCC)C(SC(C)C)C=C1[C@]2(C)CC[C@@]2(C)[C@@H]3C[C@](C)(C(N)=O)CC[C@]3(C)CC[C@@]12C. The zero-order valence-corrected chi connectivity index (χ0v) is 30.9. The van der Waals surface area contributed by atoms with Crippen molar-refractivity contribution in [1.82, 2.24) is 0 Å². The van der Waals surface area contributed by atoms with Crippen LogP contribution in [0.25, 0.3) is 0 Å². The first-order valence-corrected chi connectivity index (χ1v) is 18.4. The van der Waals surface area contributed by atoms with E-state index in [4.69, 9.17) is 24.7 Å². The van der Waals surface area contributed by atoms with Crippen molar-refractivity contribution >= 4 is 30.0 Å². The first-order chi connectivity index (χ1) is 21.9. The molecule has 1 amide bonds. The number of amides is 1. The van der Waals surface area contributed by atoms with Crippen molar-refractivity contribution in [2.75, 3.05) is 13.2 Å². The molecule has 1 aromatic rings. The van der Waals surface area contributed by atoms with Gasteiger partial charge in [0.15, 0.2) is 11.5 Å². The molecule has 5 rings (SSSR count). The number of benzene rings is 1. The summed E-state index contributed by atoms with van der Waals surface area (Å²) in [6.07, 6.45) is 7.55. The van der Waals surface area contributed by atoms with Gasteiger partial charge in [-0.05, 0) is 110 Å². The van der Waals surface area contributed by atoms with Crippen LogP contribution in [-0.4, -0.2) is 36.7 Å². The van der Waals surface area contributed by atoms with Crippen molar-refractivity contribution in [3.8, 4) is 11.5 Å². The Morgan fingerprint density at radius 1 is 0.915 bits per heavy atom. The van der Waals surface area contributed by atoms with E-state index in [0.29, 0.717) is 11.2 Å². The van der Waals surface area contributed by atoms with Crippen molar-refractivity contribution in [2.24, 2.45) is 33.3 Å². The lowest BCUT2D eigenvalue weighted by Gasteiger charge is -2.70. The molecule has 4 aliphatic rings. The van der Waals surface area contributed by atoms with Crippen molar-refractivity contribution in [3.05, 3.63) is 34.4 Å². The molecule has 9 heteroatoms. The lowest BCUT2D eigenvalue weighted by Crippen LogP contribution is -2.63. The van der Waals surface area contributed by atoms with Crippen LogP contribution in [-0.2, 0) is 19.7 Å². The Morgan fingerprint density at radius 3 is 2.13 bits per heavy atom. The second-order valence-electron chi connectivity index (χ2n) is 16.0. The molecular formula is C38H55NO7S. The smallest absolute Gasteiger partial charge is 0.434 e. The number of carbonyl (C=O) groups excluding carboxylic acids is 3. The number of nitrogens with two attached hydrogens (primary N) is 1. The van der Waals surface area contributed by atoms with Crippen molar-refractivity contribution in [3.63, 3.8) is 0 Å². The van der Waals surface area contributed by atoms with Gasteiger partial charge in [-0.25, -0.2) is 9.59 Å². The highest BCUT2D eigenvalue weighted by Crippen LogP contribution is 2.75. The quantitative estimate of drug-likeness (QED) is 0.174. The summed E-state index contributed by atoms with van der Waals surface area (Å²) in [4.78, 5) is 38.2. The topological polar surface area (TPSA) is 114 Å². The van der Waals surface area contributed by atoms with Gasteiger partial charge in [-0.1, -0.05) is 60.1 Å². The molecule has 0 aliphatic heterocycles. The Kier molecular flexibility index (Phi) is 9.35.